The predicted octanol–water partition coefficient (Wildman–Crippen LogP) is -0.334. The van der Waals surface area contributed by atoms with Crippen molar-refractivity contribution in [3.63, 3.8) is 0 Å². The fourth-order valence-corrected chi connectivity index (χ4v) is 0.0546. The Morgan fingerprint density at radius 2 is 2.29 bits per heavy atom. The van der Waals surface area contributed by atoms with E-state index in [0.29, 0.717) is 0 Å². The van der Waals surface area contributed by atoms with Crippen molar-refractivity contribution >= 4 is 0 Å². The summed E-state index contributed by atoms with van der Waals surface area (Å²) in [4.78, 5) is 0. The molecule has 0 radical (unpaired) electrons. The average molecular weight is 107 g/mol. The van der Waals surface area contributed by atoms with Crippen molar-refractivity contribution in [2.45, 2.75) is 12.5 Å². The normalized spacial score (nSPS) is 18.9. The molecule has 7 heavy (non-hydrogen) atoms. The third-order valence-electron chi connectivity index (χ3n) is 0.728. The molecule has 0 saturated carbocycles. The van der Waals surface area contributed by atoms with Crippen molar-refractivity contribution < 1.29 is 9.50 Å². The summed E-state index contributed by atoms with van der Waals surface area (Å²) in [6, 6.07) is 0. The first-order valence-corrected chi connectivity index (χ1v) is 2.11. The lowest BCUT2D eigenvalue weighted by Crippen LogP contribution is -2.36. The van der Waals surface area contributed by atoms with Crippen LogP contribution in [0.1, 0.15) is 6.92 Å². The molecule has 0 fully saturated rings. The number of alkyl halides is 1. The molecule has 0 aromatic carbocycles. The van der Waals surface area contributed by atoms with Crippen LogP contribution in [0, 0.1) is 0 Å². The Hall–Kier alpha value is -0.150. The van der Waals surface area contributed by atoms with Crippen LogP contribution < -0.4 is 5.73 Å². The summed E-state index contributed by atoms with van der Waals surface area (Å²) < 4.78 is 11.4. The van der Waals surface area contributed by atoms with Gasteiger partial charge in [-0.05, 0) is 6.92 Å². The van der Waals surface area contributed by atoms with Crippen molar-refractivity contribution in [1.82, 2.24) is 0 Å². The lowest BCUT2D eigenvalue weighted by atomic mass is 10.1. The first kappa shape index (κ1) is 6.85. The lowest BCUT2D eigenvalue weighted by molar-refractivity contribution is 0.0422. The summed E-state index contributed by atoms with van der Waals surface area (Å²) in [5.74, 6) is 0. The van der Waals surface area contributed by atoms with Crippen LogP contribution in [-0.4, -0.2) is 23.9 Å². The zero-order valence-corrected chi connectivity index (χ0v) is 4.32. The van der Waals surface area contributed by atoms with Crippen LogP contribution in [0.4, 0.5) is 4.39 Å². The van der Waals surface area contributed by atoms with Crippen LogP contribution in [0.2, 0.25) is 0 Å². The van der Waals surface area contributed by atoms with Crippen LogP contribution in [0.25, 0.3) is 0 Å². The van der Waals surface area contributed by atoms with E-state index >= 15 is 0 Å². The van der Waals surface area contributed by atoms with Gasteiger partial charge in [0.25, 0.3) is 0 Å². The molecule has 2 nitrogen and oxygen atoms in total. The van der Waals surface area contributed by atoms with Crippen LogP contribution in [0.15, 0.2) is 0 Å². The Morgan fingerprint density at radius 1 is 1.86 bits per heavy atom. The van der Waals surface area contributed by atoms with Crippen LogP contribution in [0.5, 0.6) is 0 Å². The molecule has 44 valence electrons. The monoisotopic (exact) mass is 107 g/mol. The molecule has 0 bridgehead atoms. The Bertz CT molecular complexity index is 49.7. The van der Waals surface area contributed by atoms with Gasteiger partial charge >= 0.3 is 0 Å². The number of nitrogens with two attached hydrogens (primary N) is 1. The highest BCUT2D eigenvalue weighted by Gasteiger charge is 2.15. The number of hydrogen-bond donors (Lipinski definition) is 2. The zero-order chi connectivity index (χ0) is 5.91. The largest absolute Gasteiger partial charge is 0.386 e. The first-order valence-electron chi connectivity index (χ1n) is 2.11. The zero-order valence-electron chi connectivity index (χ0n) is 4.32. The minimum Gasteiger partial charge on any atom is -0.386 e. The van der Waals surface area contributed by atoms with E-state index in [-0.39, 0.29) is 6.54 Å². The molecule has 0 saturated heterocycles. The number of rotatable bonds is 2. The van der Waals surface area contributed by atoms with Crippen LogP contribution in [-0.2, 0) is 0 Å². The Labute approximate surface area is 42.1 Å². The minimum atomic E-state index is -1.31. The molecule has 1 atom stereocenters. The van der Waals surface area contributed by atoms with Crippen molar-refractivity contribution in [3.05, 3.63) is 0 Å². The van der Waals surface area contributed by atoms with E-state index in [2.05, 4.69) is 0 Å². The molecule has 1 unspecified atom stereocenters. The number of hydrogen-bond acceptors (Lipinski definition) is 2. The summed E-state index contributed by atoms with van der Waals surface area (Å²) in [6.07, 6.45) is 0. The molecular weight excluding hydrogens is 97.0 g/mol. The molecule has 3 heteroatoms. The average Bonchev–Trinajstić information content (AvgIpc) is 1.68. The fraction of sp³-hybridized carbons (Fsp3) is 1.00. The Morgan fingerprint density at radius 3 is 2.29 bits per heavy atom. The minimum absolute atomic E-state index is 0.0243. The van der Waals surface area contributed by atoms with E-state index in [1.807, 2.05) is 0 Å². The molecule has 0 spiro atoms. The maximum Gasteiger partial charge on any atom is 0.119 e. The van der Waals surface area contributed by atoms with E-state index < -0.39 is 12.3 Å². The Kier molecular flexibility index (Phi) is 2.19. The van der Waals surface area contributed by atoms with Gasteiger partial charge in [0.05, 0.1) is 0 Å². The molecule has 0 aromatic rings. The van der Waals surface area contributed by atoms with E-state index in [0.717, 1.165) is 0 Å². The smallest absolute Gasteiger partial charge is 0.119 e. The second-order valence-electron chi connectivity index (χ2n) is 1.83. The quantitative estimate of drug-likeness (QED) is 0.507. The molecule has 0 amide bonds. The molecule has 0 aromatic heterocycles. The molecule has 0 heterocycles. The highest BCUT2D eigenvalue weighted by atomic mass is 19.1. The topological polar surface area (TPSA) is 46.2 Å². The van der Waals surface area contributed by atoms with Gasteiger partial charge in [-0.1, -0.05) is 0 Å². The van der Waals surface area contributed by atoms with Crippen LogP contribution >= 0.6 is 0 Å². The fourth-order valence-electron chi connectivity index (χ4n) is 0.0546. The van der Waals surface area contributed by atoms with Gasteiger partial charge in [-0.15, -0.1) is 0 Å². The van der Waals surface area contributed by atoms with E-state index in [1.165, 1.54) is 6.92 Å². The highest BCUT2D eigenvalue weighted by Crippen LogP contribution is 1.98. The molecule has 0 rings (SSSR count). The summed E-state index contributed by atoms with van der Waals surface area (Å²) in [6.45, 7) is 0.556. The number of halogens is 1. The SMILES string of the molecule is CC(O)(CN)CF. The Balaban J connectivity index is 3.36. The third kappa shape index (κ3) is 2.53. The van der Waals surface area contributed by atoms with Gasteiger partial charge in [-0.3, -0.25) is 0 Å². The molecule has 0 aliphatic heterocycles. The van der Waals surface area contributed by atoms with Gasteiger partial charge < -0.3 is 10.8 Å². The van der Waals surface area contributed by atoms with Gasteiger partial charge in [0.15, 0.2) is 0 Å². The first-order chi connectivity index (χ1) is 3.12. The van der Waals surface area contributed by atoms with E-state index in [9.17, 15) is 4.39 Å². The third-order valence-corrected chi connectivity index (χ3v) is 0.728. The lowest BCUT2D eigenvalue weighted by Gasteiger charge is -2.14. The number of aliphatic hydroxyl groups is 1. The van der Waals surface area contributed by atoms with Crippen molar-refractivity contribution in [1.29, 1.82) is 0 Å². The van der Waals surface area contributed by atoms with Crippen molar-refractivity contribution in [2.24, 2.45) is 5.73 Å². The molecular formula is C4H10FNO. The van der Waals surface area contributed by atoms with Crippen molar-refractivity contribution in [2.75, 3.05) is 13.2 Å². The standard InChI is InChI=1S/C4H10FNO/c1-4(7,2-5)3-6/h7H,2-3,6H2,1H3. The van der Waals surface area contributed by atoms with Gasteiger partial charge in [0.1, 0.15) is 12.3 Å². The van der Waals surface area contributed by atoms with E-state index in [1.54, 1.807) is 0 Å². The molecule has 0 aliphatic rings. The van der Waals surface area contributed by atoms with Gasteiger partial charge in [0, 0.05) is 6.54 Å². The second-order valence-corrected chi connectivity index (χ2v) is 1.83. The summed E-state index contributed by atoms with van der Waals surface area (Å²) in [5.41, 5.74) is 3.62. The van der Waals surface area contributed by atoms with Crippen molar-refractivity contribution in [3.8, 4) is 0 Å². The van der Waals surface area contributed by atoms with Gasteiger partial charge in [0.2, 0.25) is 0 Å². The molecule has 3 N–H and O–H groups in total. The maximum atomic E-state index is 11.4. The second kappa shape index (κ2) is 2.23. The predicted molar refractivity (Wildman–Crippen MR) is 25.7 cm³/mol. The van der Waals surface area contributed by atoms with Crippen LogP contribution in [0.3, 0.4) is 0 Å². The summed E-state index contributed by atoms with van der Waals surface area (Å²) >= 11 is 0. The van der Waals surface area contributed by atoms with Gasteiger partial charge in [-0.25, -0.2) is 4.39 Å². The summed E-state index contributed by atoms with van der Waals surface area (Å²) in [7, 11) is 0. The summed E-state index contributed by atoms with van der Waals surface area (Å²) in [5, 5.41) is 8.63. The highest BCUT2D eigenvalue weighted by molar-refractivity contribution is 4.70. The van der Waals surface area contributed by atoms with E-state index in [4.69, 9.17) is 10.8 Å². The molecule has 0 aliphatic carbocycles. The maximum absolute atomic E-state index is 11.4. The van der Waals surface area contributed by atoms with Gasteiger partial charge in [-0.2, -0.15) is 0 Å².